The van der Waals surface area contributed by atoms with Gasteiger partial charge in [-0.1, -0.05) is 30.3 Å². The van der Waals surface area contributed by atoms with Crippen molar-refractivity contribution in [3.05, 3.63) is 62.8 Å². The number of nitrogens with zero attached hydrogens (tertiary/aromatic N) is 2. The number of aromatic nitrogens is 2. The number of ether oxygens (including phenoxy) is 1. The first-order chi connectivity index (χ1) is 10.1. The van der Waals surface area contributed by atoms with Crippen molar-refractivity contribution >= 4 is 5.82 Å². The van der Waals surface area contributed by atoms with E-state index in [-0.39, 0.29) is 11.2 Å². The average Bonchev–Trinajstić information content (AvgIpc) is 2.50. The van der Waals surface area contributed by atoms with Crippen molar-refractivity contribution in [3.63, 3.8) is 0 Å². The number of hydrogen-bond donors (Lipinski definition) is 1. The molecule has 0 bridgehead atoms. The molecule has 0 aliphatic carbocycles. The van der Waals surface area contributed by atoms with Crippen LogP contribution in [-0.2, 0) is 18.3 Å². The molecule has 2 aromatic rings. The van der Waals surface area contributed by atoms with Gasteiger partial charge in [-0.05, 0) is 5.56 Å². The van der Waals surface area contributed by atoms with Crippen LogP contribution in [0.5, 0.6) is 0 Å². The van der Waals surface area contributed by atoms with Gasteiger partial charge in [-0.3, -0.25) is 13.9 Å². The van der Waals surface area contributed by atoms with Crippen LogP contribution in [0.25, 0.3) is 0 Å². The highest BCUT2D eigenvalue weighted by Gasteiger charge is 2.09. The Bertz CT molecular complexity index is 704. The highest BCUT2D eigenvalue weighted by Crippen LogP contribution is 2.06. The molecule has 6 nitrogen and oxygen atoms in total. The second kappa shape index (κ2) is 6.90. The number of nitrogens with one attached hydrogen (secondary N) is 1. The predicted octanol–water partition coefficient (Wildman–Crippen LogP) is 0.654. The zero-order chi connectivity index (χ0) is 15.2. The lowest BCUT2D eigenvalue weighted by atomic mass is 10.2. The molecule has 112 valence electrons. The summed E-state index contributed by atoms with van der Waals surface area (Å²) in [7, 11) is 3.08. The van der Waals surface area contributed by atoms with Crippen LogP contribution in [0.2, 0.25) is 0 Å². The molecule has 0 saturated carbocycles. The summed E-state index contributed by atoms with van der Waals surface area (Å²) in [4.78, 5) is 24.1. The first-order valence-corrected chi connectivity index (χ1v) is 6.71. The van der Waals surface area contributed by atoms with Crippen molar-refractivity contribution in [3.8, 4) is 0 Å². The van der Waals surface area contributed by atoms with E-state index in [9.17, 15) is 9.59 Å². The maximum atomic E-state index is 12.3. The molecule has 0 spiro atoms. The van der Waals surface area contributed by atoms with Crippen LogP contribution in [0, 0.1) is 0 Å². The summed E-state index contributed by atoms with van der Waals surface area (Å²) in [5, 5.41) is 3.07. The zero-order valence-electron chi connectivity index (χ0n) is 12.2. The van der Waals surface area contributed by atoms with Gasteiger partial charge < -0.3 is 10.1 Å². The lowest BCUT2D eigenvalue weighted by molar-refractivity contribution is 0.210. The molecule has 6 heteroatoms. The smallest absolute Gasteiger partial charge is 0.332 e. The first kappa shape index (κ1) is 15.1. The van der Waals surface area contributed by atoms with E-state index in [0.717, 1.165) is 10.1 Å². The average molecular weight is 289 g/mol. The van der Waals surface area contributed by atoms with Crippen LogP contribution in [0.15, 0.2) is 46.0 Å². The van der Waals surface area contributed by atoms with Gasteiger partial charge in [-0.15, -0.1) is 0 Å². The molecule has 1 N–H and O–H groups in total. The van der Waals surface area contributed by atoms with Crippen molar-refractivity contribution in [1.29, 1.82) is 0 Å². The van der Waals surface area contributed by atoms with Gasteiger partial charge in [0, 0.05) is 26.8 Å². The van der Waals surface area contributed by atoms with E-state index >= 15 is 0 Å². The maximum absolute atomic E-state index is 12.3. The van der Waals surface area contributed by atoms with E-state index < -0.39 is 0 Å². The SMILES string of the molecule is COCCNc1cc(=O)n(C)c(=O)n1Cc1ccccc1. The second-order valence-corrected chi connectivity index (χ2v) is 4.70. The monoisotopic (exact) mass is 289 g/mol. The van der Waals surface area contributed by atoms with Crippen LogP contribution in [0.4, 0.5) is 5.82 Å². The molecule has 1 aromatic heterocycles. The Hall–Kier alpha value is -2.34. The van der Waals surface area contributed by atoms with Crippen molar-refractivity contribution in [2.75, 3.05) is 25.6 Å². The third-order valence-corrected chi connectivity index (χ3v) is 3.20. The fraction of sp³-hybridized carbons (Fsp3) is 0.333. The number of anilines is 1. The Morgan fingerprint density at radius 2 is 1.90 bits per heavy atom. The summed E-state index contributed by atoms with van der Waals surface area (Å²) < 4.78 is 7.62. The van der Waals surface area contributed by atoms with Gasteiger partial charge in [0.25, 0.3) is 5.56 Å². The molecule has 0 unspecified atom stereocenters. The first-order valence-electron chi connectivity index (χ1n) is 6.71. The fourth-order valence-electron chi connectivity index (χ4n) is 2.02. The summed E-state index contributed by atoms with van der Waals surface area (Å²) in [6.07, 6.45) is 0. The molecule has 0 radical (unpaired) electrons. The number of rotatable bonds is 6. The van der Waals surface area contributed by atoms with Gasteiger partial charge in [0.2, 0.25) is 0 Å². The van der Waals surface area contributed by atoms with Gasteiger partial charge in [-0.25, -0.2) is 4.79 Å². The van der Waals surface area contributed by atoms with E-state index in [1.165, 1.54) is 13.1 Å². The van der Waals surface area contributed by atoms with Crippen LogP contribution in [0.1, 0.15) is 5.56 Å². The van der Waals surface area contributed by atoms with Crippen LogP contribution in [0.3, 0.4) is 0 Å². The molecule has 21 heavy (non-hydrogen) atoms. The lowest BCUT2D eigenvalue weighted by Gasteiger charge is -2.15. The van der Waals surface area contributed by atoms with Gasteiger partial charge in [0.15, 0.2) is 0 Å². The van der Waals surface area contributed by atoms with Crippen molar-refractivity contribution in [1.82, 2.24) is 9.13 Å². The van der Waals surface area contributed by atoms with Gasteiger partial charge in [0.05, 0.1) is 13.2 Å². The predicted molar refractivity (Wildman–Crippen MR) is 81.9 cm³/mol. The maximum Gasteiger partial charge on any atom is 0.332 e. The van der Waals surface area contributed by atoms with Crippen LogP contribution in [-0.4, -0.2) is 29.4 Å². The quantitative estimate of drug-likeness (QED) is 0.793. The van der Waals surface area contributed by atoms with E-state index in [0.29, 0.717) is 25.5 Å². The largest absolute Gasteiger partial charge is 0.383 e. The summed E-state index contributed by atoms with van der Waals surface area (Å²) in [5.74, 6) is 0.504. The highest BCUT2D eigenvalue weighted by atomic mass is 16.5. The summed E-state index contributed by atoms with van der Waals surface area (Å²) in [6, 6.07) is 11.1. The molecule has 0 atom stereocenters. The minimum absolute atomic E-state index is 0.329. The van der Waals surface area contributed by atoms with Gasteiger partial charge in [-0.2, -0.15) is 0 Å². The number of methoxy groups -OCH3 is 1. The standard InChI is InChI=1S/C15H19N3O3/c1-17-14(19)10-13(16-8-9-21-2)18(15(17)20)11-12-6-4-3-5-7-12/h3-7,10,16H,8-9,11H2,1-2H3. The molecule has 2 rings (SSSR count). The van der Waals surface area contributed by atoms with E-state index in [2.05, 4.69) is 5.32 Å². The van der Waals surface area contributed by atoms with E-state index in [4.69, 9.17) is 4.74 Å². The van der Waals surface area contributed by atoms with Gasteiger partial charge in [0.1, 0.15) is 5.82 Å². The molecule has 1 heterocycles. The third-order valence-electron chi connectivity index (χ3n) is 3.20. The minimum Gasteiger partial charge on any atom is -0.383 e. The van der Waals surface area contributed by atoms with Crippen LogP contribution >= 0.6 is 0 Å². The highest BCUT2D eigenvalue weighted by molar-refractivity contribution is 5.35. The normalized spacial score (nSPS) is 10.6. The topological polar surface area (TPSA) is 65.3 Å². The fourth-order valence-corrected chi connectivity index (χ4v) is 2.02. The molecule has 0 saturated heterocycles. The van der Waals surface area contributed by atoms with Crippen molar-refractivity contribution in [2.45, 2.75) is 6.54 Å². The molecular formula is C15H19N3O3. The molecular weight excluding hydrogens is 270 g/mol. The van der Waals surface area contributed by atoms with E-state index in [1.54, 1.807) is 11.7 Å². The Morgan fingerprint density at radius 1 is 1.19 bits per heavy atom. The number of hydrogen-bond acceptors (Lipinski definition) is 4. The summed E-state index contributed by atoms with van der Waals surface area (Å²) in [5.41, 5.74) is 0.323. The van der Waals surface area contributed by atoms with E-state index in [1.807, 2.05) is 30.3 Å². The van der Waals surface area contributed by atoms with Gasteiger partial charge >= 0.3 is 5.69 Å². The molecule has 0 fully saturated rings. The lowest BCUT2D eigenvalue weighted by Crippen LogP contribution is -2.39. The van der Waals surface area contributed by atoms with Crippen molar-refractivity contribution in [2.24, 2.45) is 7.05 Å². The third kappa shape index (κ3) is 3.61. The Labute approximate surface area is 122 Å². The Morgan fingerprint density at radius 3 is 2.57 bits per heavy atom. The van der Waals surface area contributed by atoms with Crippen LogP contribution < -0.4 is 16.6 Å². The molecule has 0 amide bonds. The Kier molecular flexibility index (Phi) is 4.94. The summed E-state index contributed by atoms with van der Waals surface area (Å²) in [6.45, 7) is 1.43. The zero-order valence-corrected chi connectivity index (χ0v) is 12.2. The van der Waals surface area contributed by atoms with Crippen molar-refractivity contribution < 1.29 is 4.74 Å². The number of benzene rings is 1. The molecule has 0 aliphatic heterocycles. The second-order valence-electron chi connectivity index (χ2n) is 4.70. The minimum atomic E-state index is -0.341. The Balaban J connectivity index is 2.39. The summed E-state index contributed by atoms with van der Waals surface area (Å²) >= 11 is 0. The molecule has 1 aromatic carbocycles. The molecule has 0 aliphatic rings.